The van der Waals surface area contributed by atoms with Crippen LogP contribution in [-0.2, 0) is 4.74 Å². The third-order valence-electron chi connectivity index (χ3n) is 5.49. The molecule has 1 saturated heterocycles. The highest BCUT2D eigenvalue weighted by Gasteiger charge is 2.40. The second-order valence-electron chi connectivity index (χ2n) is 7.33. The maximum Gasteiger partial charge on any atom is 0.315 e. The van der Waals surface area contributed by atoms with E-state index in [4.69, 9.17) is 4.74 Å². The van der Waals surface area contributed by atoms with Gasteiger partial charge in [0.2, 0.25) is 0 Å². The lowest BCUT2D eigenvalue weighted by Crippen LogP contribution is -2.51. The van der Waals surface area contributed by atoms with Crippen molar-refractivity contribution in [1.82, 2.24) is 10.6 Å². The van der Waals surface area contributed by atoms with Gasteiger partial charge in [0.15, 0.2) is 0 Å². The van der Waals surface area contributed by atoms with Gasteiger partial charge < -0.3 is 15.4 Å². The highest BCUT2D eigenvalue weighted by Crippen LogP contribution is 2.40. The van der Waals surface area contributed by atoms with Gasteiger partial charge in [0.1, 0.15) is 0 Å². The number of ether oxygens (including phenoxy) is 1. The molecule has 2 N–H and O–H groups in total. The Bertz CT molecular complexity index is 362. The first kappa shape index (κ1) is 15.1. The predicted octanol–water partition coefficient (Wildman–Crippen LogP) is 3.36. The molecule has 0 bridgehead atoms. The number of amides is 2. The second kappa shape index (κ2) is 6.55. The largest absolute Gasteiger partial charge is 0.375 e. The summed E-state index contributed by atoms with van der Waals surface area (Å²) in [6.07, 6.45) is 11.7. The summed E-state index contributed by atoms with van der Waals surface area (Å²) in [6.45, 7) is 2.96. The van der Waals surface area contributed by atoms with Gasteiger partial charge in [-0.1, -0.05) is 32.6 Å². The topological polar surface area (TPSA) is 50.4 Å². The van der Waals surface area contributed by atoms with E-state index in [1.54, 1.807) is 0 Å². The summed E-state index contributed by atoms with van der Waals surface area (Å²) >= 11 is 0. The van der Waals surface area contributed by atoms with Crippen LogP contribution in [0.15, 0.2) is 0 Å². The van der Waals surface area contributed by atoms with Crippen LogP contribution in [0.25, 0.3) is 0 Å². The van der Waals surface area contributed by atoms with Crippen molar-refractivity contribution < 1.29 is 9.53 Å². The van der Waals surface area contributed by atoms with Crippen molar-refractivity contribution in [2.24, 2.45) is 5.92 Å². The van der Waals surface area contributed by atoms with Crippen LogP contribution < -0.4 is 10.6 Å². The second-order valence-corrected chi connectivity index (χ2v) is 7.33. The molecule has 3 fully saturated rings. The van der Waals surface area contributed by atoms with Crippen molar-refractivity contribution in [3.05, 3.63) is 0 Å². The minimum atomic E-state index is 0.0301. The number of carbonyl (C=O) groups is 1. The molecule has 3 aliphatic rings. The zero-order valence-electron chi connectivity index (χ0n) is 13.3. The SMILES string of the molecule is CC[C@H](CC1CC1)NC(=O)N[C@@H]1CCOC2(CCCC2)C1. The summed E-state index contributed by atoms with van der Waals surface area (Å²) in [7, 11) is 0. The monoisotopic (exact) mass is 294 g/mol. The fourth-order valence-electron chi connectivity index (χ4n) is 4.01. The van der Waals surface area contributed by atoms with Gasteiger partial charge in [0, 0.05) is 18.7 Å². The average molecular weight is 294 g/mol. The molecule has 120 valence electrons. The minimum absolute atomic E-state index is 0.0301. The van der Waals surface area contributed by atoms with Gasteiger partial charge in [-0.2, -0.15) is 0 Å². The van der Waals surface area contributed by atoms with Crippen LogP contribution in [0.4, 0.5) is 4.79 Å². The van der Waals surface area contributed by atoms with E-state index < -0.39 is 0 Å². The molecule has 2 atom stereocenters. The highest BCUT2D eigenvalue weighted by atomic mass is 16.5. The Hall–Kier alpha value is -0.770. The van der Waals surface area contributed by atoms with Crippen LogP contribution in [0.5, 0.6) is 0 Å². The summed E-state index contributed by atoms with van der Waals surface area (Å²) in [4.78, 5) is 12.2. The van der Waals surface area contributed by atoms with Crippen LogP contribution >= 0.6 is 0 Å². The molecule has 21 heavy (non-hydrogen) atoms. The molecule has 4 heteroatoms. The van der Waals surface area contributed by atoms with Crippen molar-refractivity contribution in [3.8, 4) is 0 Å². The van der Waals surface area contributed by atoms with Gasteiger partial charge in [-0.3, -0.25) is 0 Å². The van der Waals surface area contributed by atoms with E-state index in [1.165, 1.54) is 38.5 Å². The molecule has 3 rings (SSSR count). The minimum Gasteiger partial charge on any atom is -0.375 e. The first-order valence-electron chi connectivity index (χ1n) is 8.90. The summed E-state index contributed by atoms with van der Waals surface area (Å²) in [6, 6.07) is 0.663. The molecule has 2 saturated carbocycles. The van der Waals surface area contributed by atoms with E-state index in [2.05, 4.69) is 17.6 Å². The maximum atomic E-state index is 12.2. The molecule has 2 amide bonds. The average Bonchev–Trinajstić information content (AvgIpc) is 3.18. The molecular formula is C17H30N2O2. The molecule has 2 aliphatic carbocycles. The lowest BCUT2D eigenvalue weighted by atomic mass is 9.89. The molecule has 0 aromatic rings. The molecule has 0 unspecified atom stereocenters. The van der Waals surface area contributed by atoms with Gasteiger partial charge in [0.25, 0.3) is 0 Å². The summed E-state index contributed by atoms with van der Waals surface area (Å²) in [5.41, 5.74) is 0.0777. The van der Waals surface area contributed by atoms with E-state index in [0.717, 1.165) is 38.2 Å². The smallest absolute Gasteiger partial charge is 0.315 e. The zero-order valence-corrected chi connectivity index (χ0v) is 13.3. The van der Waals surface area contributed by atoms with Crippen molar-refractivity contribution in [1.29, 1.82) is 0 Å². The van der Waals surface area contributed by atoms with Crippen molar-refractivity contribution >= 4 is 6.03 Å². The van der Waals surface area contributed by atoms with Gasteiger partial charge in [0.05, 0.1) is 5.60 Å². The van der Waals surface area contributed by atoms with Gasteiger partial charge in [-0.25, -0.2) is 4.79 Å². The Morgan fingerprint density at radius 2 is 2.05 bits per heavy atom. The van der Waals surface area contributed by atoms with E-state index in [1.807, 2.05) is 0 Å². The molecule has 4 nitrogen and oxygen atoms in total. The number of rotatable bonds is 5. The highest BCUT2D eigenvalue weighted by molar-refractivity contribution is 5.74. The standard InChI is InChI=1S/C17H30N2O2/c1-2-14(11-13-5-6-13)18-16(20)19-15-7-10-21-17(12-15)8-3-4-9-17/h13-15H,2-12H2,1H3,(H2,18,19,20)/t14-,15-/m1/s1. The number of carbonyl (C=O) groups excluding carboxylic acids is 1. The first-order valence-corrected chi connectivity index (χ1v) is 8.90. The van der Waals surface area contributed by atoms with Gasteiger partial charge in [-0.15, -0.1) is 0 Å². The summed E-state index contributed by atoms with van der Waals surface area (Å²) < 4.78 is 6.03. The van der Waals surface area contributed by atoms with E-state index in [9.17, 15) is 4.79 Å². The number of hydrogen-bond acceptors (Lipinski definition) is 2. The molecule has 1 aliphatic heterocycles. The van der Waals surface area contributed by atoms with E-state index in [0.29, 0.717) is 6.04 Å². The zero-order chi connectivity index (χ0) is 14.7. The lowest BCUT2D eigenvalue weighted by Gasteiger charge is -2.38. The van der Waals surface area contributed by atoms with E-state index in [-0.39, 0.29) is 17.7 Å². The Morgan fingerprint density at radius 1 is 1.29 bits per heavy atom. The third kappa shape index (κ3) is 4.12. The molecule has 0 aromatic carbocycles. The maximum absolute atomic E-state index is 12.2. The normalized spacial score (nSPS) is 29.3. The molecule has 1 heterocycles. The quantitative estimate of drug-likeness (QED) is 0.817. The number of hydrogen-bond donors (Lipinski definition) is 2. The fourth-order valence-corrected chi connectivity index (χ4v) is 4.01. The van der Waals surface area contributed by atoms with Gasteiger partial charge >= 0.3 is 6.03 Å². The van der Waals surface area contributed by atoms with Gasteiger partial charge in [-0.05, 0) is 44.4 Å². The van der Waals surface area contributed by atoms with Crippen LogP contribution in [-0.4, -0.2) is 30.3 Å². The molecule has 1 spiro atoms. The molecular weight excluding hydrogens is 264 g/mol. The summed E-state index contributed by atoms with van der Waals surface area (Å²) in [5, 5.41) is 6.37. The Kier molecular flexibility index (Phi) is 4.72. The van der Waals surface area contributed by atoms with Crippen molar-refractivity contribution in [3.63, 3.8) is 0 Å². The van der Waals surface area contributed by atoms with E-state index >= 15 is 0 Å². The van der Waals surface area contributed by atoms with Crippen LogP contribution in [0, 0.1) is 5.92 Å². The van der Waals surface area contributed by atoms with Crippen LogP contribution in [0.1, 0.15) is 71.1 Å². The molecule has 0 aromatic heterocycles. The summed E-state index contributed by atoms with van der Waals surface area (Å²) in [5.74, 6) is 0.861. The number of urea groups is 1. The third-order valence-corrected chi connectivity index (χ3v) is 5.49. The number of nitrogens with one attached hydrogen (secondary N) is 2. The van der Waals surface area contributed by atoms with Crippen LogP contribution in [0.2, 0.25) is 0 Å². The Balaban J connectivity index is 1.45. The lowest BCUT2D eigenvalue weighted by molar-refractivity contribution is -0.0820. The van der Waals surface area contributed by atoms with Crippen molar-refractivity contribution in [2.75, 3.05) is 6.61 Å². The first-order chi connectivity index (χ1) is 10.2. The molecule has 0 radical (unpaired) electrons. The predicted molar refractivity (Wildman–Crippen MR) is 83.3 cm³/mol. The Morgan fingerprint density at radius 3 is 2.71 bits per heavy atom. The van der Waals surface area contributed by atoms with Crippen LogP contribution in [0.3, 0.4) is 0 Å². The van der Waals surface area contributed by atoms with Crippen molar-refractivity contribution in [2.45, 2.75) is 88.8 Å². The fraction of sp³-hybridized carbons (Fsp3) is 0.941. The Labute approximate surface area is 128 Å².